The van der Waals surface area contributed by atoms with Gasteiger partial charge in [0.15, 0.2) is 0 Å². The Morgan fingerprint density at radius 3 is 2.46 bits per heavy atom. The van der Waals surface area contributed by atoms with Gasteiger partial charge in [-0.25, -0.2) is 12.8 Å². The third kappa shape index (κ3) is 3.44. The molecule has 2 aromatic carbocycles. The quantitative estimate of drug-likeness (QED) is 0.793. The zero-order valence-corrected chi connectivity index (χ0v) is 16.5. The highest BCUT2D eigenvalue weighted by atomic mass is 32.2. The van der Waals surface area contributed by atoms with Crippen molar-refractivity contribution in [2.75, 3.05) is 13.1 Å². The van der Waals surface area contributed by atoms with Gasteiger partial charge in [0.05, 0.1) is 4.90 Å². The lowest BCUT2D eigenvalue weighted by Crippen LogP contribution is -2.49. The number of nitrogens with zero attached hydrogens (tertiary/aromatic N) is 2. The number of aryl methyl sites for hydroxylation is 1. The van der Waals surface area contributed by atoms with Gasteiger partial charge >= 0.3 is 0 Å². The van der Waals surface area contributed by atoms with Gasteiger partial charge in [0.25, 0.3) is 0 Å². The molecule has 1 amide bonds. The second kappa shape index (κ2) is 7.29. The van der Waals surface area contributed by atoms with Crippen molar-refractivity contribution in [2.45, 2.75) is 43.4 Å². The van der Waals surface area contributed by atoms with Crippen LogP contribution in [0.25, 0.3) is 0 Å². The van der Waals surface area contributed by atoms with Gasteiger partial charge in [-0.15, -0.1) is 0 Å². The fourth-order valence-electron chi connectivity index (χ4n) is 3.99. The van der Waals surface area contributed by atoms with E-state index in [1.165, 1.54) is 17.7 Å². The van der Waals surface area contributed by atoms with Crippen LogP contribution in [-0.4, -0.2) is 48.8 Å². The van der Waals surface area contributed by atoms with Crippen LogP contribution in [0.5, 0.6) is 0 Å². The molecule has 7 heteroatoms. The van der Waals surface area contributed by atoms with Crippen molar-refractivity contribution in [3.63, 3.8) is 0 Å². The van der Waals surface area contributed by atoms with E-state index in [1.54, 1.807) is 17.0 Å². The second-order valence-electron chi connectivity index (χ2n) is 7.52. The van der Waals surface area contributed by atoms with E-state index in [4.69, 9.17) is 0 Å². The van der Waals surface area contributed by atoms with Crippen molar-refractivity contribution < 1.29 is 17.6 Å². The molecule has 0 aromatic heterocycles. The van der Waals surface area contributed by atoms with E-state index in [0.29, 0.717) is 13.1 Å². The van der Waals surface area contributed by atoms with Crippen molar-refractivity contribution in [1.29, 1.82) is 0 Å². The van der Waals surface area contributed by atoms with Gasteiger partial charge in [-0.3, -0.25) is 4.79 Å². The number of benzene rings is 2. The molecule has 0 spiro atoms. The first-order valence-corrected chi connectivity index (χ1v) is 10.9. The summed E-state index contributed by atoms with van der Waals surface area (Å²) in [6.45, 7) is 2.53. The van der Waals surface area contributed by atoms with Gasteiger partial charge in [-0.05, 0) is 36.6 Å². The number of hydrogen-bond donors (Lipinski definition) is 0. The summed E-state index contributed by atoms with van der Waals surface area (Å²) in [7, 11) is -3.94. The maximum absolute atomic E-state index is 14.2. The molecular formula is C21H23FN2O3S. The zero-order chi connectivity index (χ0) is 19.9. The average Bonchev–Trinajstić information content (AvgIpc) is 3.10. The zero-order valence-electron chi connectivity index (χ0n) is 15.7. The average molecular weight is 402 g/mol. The lowest BCUT2D eigenvalue weighted by atomic mass is 9.99. The van der Waals surface area contributed by atoms with E-state index in [1.807, 2.05) is 31.2 Å². The van der Waals surface area contributed by atoms with Gasteiger partial charge < -0.3 is 4.90 Å². The third-order valence-corrected chi connectivity index (χ3v) is 7.45. The normalized spacial score (nSPS) is 22.9. The van der Waals surface area contributed by atoms with Crippen LogP contribution in [0.4, 0.5) is 4.39 Å². The van der Waals surface area contributed by atoms with Crippen LogP contribution < -0.4 is 0 Å². The molecule has 2 heterocycles. The highest BCUT2D eigenvalue weighted by molar-refractivity contribution is 7.89. The Bertz CT molecular complexity index is 991. The summed E-state index contributed by atoms with van der Waals surface area (Å²) in [4.78, 5) is 14.9. The van der Waals surface area contributed by atoms with Crippen LogP contribution in [0.15, 0.2) is 53.4 Å². The van der Waals surface area contributed by atoms with E-state index < -0.39 is 22.2 Å². The fraction of sp³-hybridized carbons (Fsp3) is 0.381. The van der Waals surface area contributed by atoms with Crippen LogP contribution in [-0.2, 0) is 27.8 Å². The smallest absolute Gasteiger partial charge is 0.243 e. The van der Waals surface area contributed by atoms with E-state index >= 15 is 0 Å². The lowest BCUT2D eigenvalue weighted by molar-refractivity contribution is -0.135. The summed E-state index contributed by atoms with van der Waals surface area (Å²) in [5.41, 5.74) is 3.19. The Morgan fingerprint density at radius 1 is 1.07 bits per heavy atom. The minimum atomic E-state index is -3.94. The molecule has 0 N–H and O–H groups in total. The maximum atomic E-state index is 14.2. The molecule has 1 fully saturated rings. The molecule has 0 bridgehead atoms. The van der Waals surface area contributed by atoms with Crippen LogP contribution in [0.1, 0.15) is 23.1 Å². The molecule has 5 nitrogen and oxygen atoms in total. The first-order valence-electron chi connectivity index (χ1n) is 9.44. The van der Waals surface area contributed by atoms with E-state index in [9.17, 15) is 17.6 Å². The SMILES string of the molecule is Cc1ccc(S(=O)(=O)N2C[C@@H](F)C[C@H]2C(=O)N2CCc3ccccc3C2)cc1. The van der Waals surface area contributed by atoms with E-state index in [2.05, 4.69) is 0 Å². The molecule has 148 valence electrons. The van der Waals surface area contributed by atoms with Crippen LogP contribution in [0.2, 0.25) is 0 Å². The van der Waals surface area contributed by atoms with Gasteiger partial charge in [0, 0.05) is 26.1 Å². The monoisotopic (exact) mass is 402 g/mol. The first kappa shape index (κ1) is 19.1. The summed E-state index contributed by atoms with van der Waals surface area (Å²) in [6.07, 6.45) is -0.716. The van der Waals surface area contributed by atoms with Crippen molar-refractivity contribution in [3.05, 3.63) is 65.2 Å². The number of halogens is 1. The van der Waals surface area contributed by atoms with Crippen LogP contribution >= 0.6 is 0 Å². The topological polar surface area (TPSA) is 57.7 Å². The van der Waals surface area contributed by atoms with Crippen molar-refractivity contribution in [2.24, 2.45) is 0 Å². The van der Waals surface area contributed by atoms with Crippen molar-refractivity contribution >= 4 is 15.9 Å². The molecule has 1 saturated heterocycles. The summed E-state index contributed by atoms with van der Waals surface area (Å²) in [6, 6.07) is 13.3. The minimum Gasteiger partial charge on any atom is -0.337 e. The number of alkyl halides is 1. The molecule has 2 atom stereocenters. The lowest BCUT2D eigenvalue weighted by Gasteiger charge is -2.33. The van der Waals surface area contributed by atoms with E-state index in [-0.39, 0.29) is 23.8 Å². The third-order valence-electron chi connectivity index (χ3n) is 5.56. The molecule has 2 aliphatic heterocycles. The largest absolute Gasteiger partial charge is 0.337 e. The number of sulfonamides is 1. The molecule has 0 saturated carbocycles. The first-order chi connectivity index (χ1) is 13.4. The number of fused-ring (bicyclic) bond motifs is 1. The number of amides is 1. The molecule has 2 aliphatic rings. The number of rotatable bonds is 3. The highest BCUT2D eigenvalue weighted by Gasteiger charge is 2.45. The van der Waals surface area contributed by atoms with Crippen LogP contribution in [0, 0.1) is 6.92 Å². The Labute approximate surface area is 164 Å². The molecule has 2 aromatic rings. The van der Waals surface area contributed by atoms with Gasteiger partial charge in [-0.2, -0.15) is 4.31 Å². The standard InChI is InChI=1S/C21H23FN2O3S/c1-15-6-8-19(9-7-15)28(26,27)24-14-18(22)12-20(24)21(25)23-11-10-16-4-2-3-5-17(16)13-23/h2-9,18,20H,10-14H2,1H3/t18-,20-/m0/s1. The molecule has 0 unspecified atom stereocenters. The highest BCUT2D eigenvalue weighted by Crippen LogP contribution is 2.30. The number of carbonyl (C=O) groups is 1. The van der Waals surface area contributed by atoms with Crippen LogP contribution in [0.3, 0.4) is 0 Å². The molecule has 0 aliphatic carbocycles. The van der Waals surface area contributed by atoms with E-state index in [0.717, 1.165) is 21.9 Å². The Hall–Kier alpha value is -2.25. The van der Waals surface area contributed by atoms with Gasteiger partial charge in [0.1, 0.15) is 12.2 Å². The number of hydrogen-bond acceptors (Lipinski definition) is 3. The predicted octanol–water partition coefficient (Wildman–Crippen LogP) is 2.68. The van der Waals surface area contributed by atoms with Gasteiger partial charge in [-0.1, -0.05) is 42.0 Å². The fourth-order valence-corrected chi connectivity index (χ4v) is 5.61. The summed E-state index contributed by atoms with van der Waals surface area (Å²) in [5, 5.41) is 0. The number of carbonyl (C=O) groups excluding carboxylic acids is 1. The minimum absolute atomic E-state index is 0.0917. The van der Waals surface area contributed by atoms with Crippen molar-refractivity contribution in [3.8, 4) is 0 Å². The summed E-state index contributed by atoms with van der Waals surface area (Å²) in [5.74, 6) is -0.315. The molecular weight excluding hydrogens is 379 g/mol. The molecule has 28 heavy (non-hydrogen) atoms. The second-order valence-corrected chi connectivity index (χ2v) is 9.41. The maximum Gasteiger partial charge on any atom is 0.243 e. The molecule has 0 radical (unpaired) electrons. The van der Waals surface area contributed by atoms with Gasteiger partial charge in [0.2, 0.25) is 15.9 Å². The summed E-state index contributed by atoms with van der Waals surface area (Å²) >= 11 is 0. The predicted molar refractivity (Wildman–Crippen MR) is 104 cm³/mol. The Kier molecular flexibility index (Phi) is 4.97. The summed E-state index contributed by atoms with van der Waals surface area (Å²) < 4.78 is 41.4. The molecule has 4 rings (SSSR count). The Morgan fingerprint density at radius 2 is 1.75 bits per heavy atom. The Balaban J connectivity index is 1.59. The van der Waals surface area contributed by atoms with Crippen molar-refractivity contribution in [1.82, 2.24) is 9.21 Å².